The predicted octanol–water partition coefficient (Wildman–Crippen LogP) is -1.54. The molecule has 1 aromatic carbocycles. The van der Waals surface area contributed by atoms with Crippen LogP contribution in [-0.4, -0.2) is 52.5 Å². The Morgan fingerprint density at radius 2 is 1.47 bits per heavy atom. The minimum atomic E-state index is -1.62. The van der Waals surface area contributed by atoms with Gasteiger partial charge in [-0.15, -0.1) is 0 Å². The van der Waals surface area contributed by atoms with Crippen LogP contribution in [0.2, 0.25) is 0 Å². The zero-order valence-electron chi connectivity index (χ0n) is 10.2. The van der Waals surface area contributed by atoms with Crippen molar-refractivity contribution in [2.75, 3.05) is 25.1 Å². The minimum absolute atomic E-state index is 0.435. The Bertz CT molecular complexity index is 423. The van der Waals surface area contributed by atoms with Gasteiger partial charge in [0, 0.05) is 5.69 Å². The van der Waals surface area contributed by atoms with Crippen molar-refractivity contribution in [1.29, 1.82) is 0 Å². The number of amides is 2. The van der Waals surface area contributed by atoms with Gasteiger partial charge in [0.2, 0.25) is 0 Å². The molecule has 0 unspecified atom stereocenters. The van der Waals surface area contributed by atoms with Crippen LogP contribution < -0.4 is 10.6 Å². The van der Waals surface area contributed by atoms with E-state index in [1.54, 1.807) is 30.3 Å². The molecule has 7 nitrogen and oxygen atoms in total. The van der Waals surface area contributed by atoms with Crippen LogP contribution >= 0.6 is 0 Å². The molecule has 0 atom stereocenters. The molecule has 0 aliphatic rings. The topological polar surface area (TPSA) is 119 Å². The quantitative estimate of drug-likeness (QED) is 0.415. The fourth-order valence-electron chi connectivity index (χ4n) is 1.28. The Morgan fingerprint density at radius 3 is 1.95 bits per heavy atom. The molecule has 0 saturated carbocycles. The molecule has 0 heterocycles. The summed E-state index contributed by atoms with van der Waals surface area (Å²) in [5.41, 5.74) is -1.18. The molecule has 0 bridgehead atoms. The Hall–Kier alpha value is -1.96. The maximum atomic E-state index is 11.6. The number of nitrogens with one attached hydrogen (secondary N) is 2. The molecule has 0 fully saturated rings. The summed E-state index contributed by atoms with van der Waals surface area (Å²) in [5, 5.41) is 31.5. The van der Waals surface area contributed by atoms with Gasteiger partial charge in [0.25, 0.3) is 0 Å². The zero-order chi connectivity index (χ0) is 14.3. The molecule has 0 aromatic heterocycles. The van der Waals surface area contributed by atoms with Gasteiger partial charge in [-0.2, -0.15) is 0 Å². The van der Waals surface area contributed by atoms with Crippen molar-refractivity contribution < 1.29 is 24.9 Å². The van der Waals surface area contributed by atoms with Crippen LogP contribution in [0.3, 0.4) is 0 Å². The number of para-hydroxylation sites is 1. The summed E-state index contributed by atoms with van der Waals surface area (Å²) >= 11 is 0. The second-order valence-corrected chi connectivity index (χ2v) is 4.03. The van der Waals surface area contributed by atoms with Gasteiger partial charge in [-0.1, -0.05) is 18.2 Å². The summed E-state index contributed by atoms with van der Waals surface area (Å²) in [6.45, 7) is -2.07. The summed E-state index contributed by atoms with van der Waals surface area (Å²) in [4.78, 5) is 23.2. The smallest absolute Gasteiger partial charge is 0.313 e. The highest BCUT2D eigenvalue weighted by Gasteiger charge is 2.32. The van der Waals surface area contributed by atoms with Gasteiger partial charge < -0.3 is 26.0 Å². The van der Waals surface area contributed by atoms with E-state index in [0.29, 0.717) is 5.69 Å². The average molecular weight is 268 g/mol. The first kappa shape index (κ1) is 15.1. The SMILES string of the molecule is O=C(Nc1ccccc1)C(=O)NC(CO)(CO)CO. The number of aliphatic hydroxyl groups is 3. The van der Waals surface area contributed by atoms with Gasteiger partial charge in [0.05, 0.1) is 19.8 Å². The number of benzene rings is 1. The molecule has 0 saturated heterocycles. The number of carbonyl (C=O) groups excluding carboxylic acids is 2. The van der Waals surface area contributed by atoms with Gasteiger partial charge in [-0.05, 0) is 12.1 Å². The number of rotatable bonds is 5. The normalized spacial score (nSPS) is 10.9. The Balaban J connectivity index is 2.65. The van der Waals surface area contributed by atoms with Gasteiger partial charge in [0.15, 0.2) is 0 Å². The highest BCUT2D eigenvalue weighted by Crippen LogP contribution is 2.05. The van der Waals surface area contributed by atoms with E-state index in [2.05, 4.69) is 10.6 Å². The third-order valence-electron chi connectivity index (χ3n) is 2.52. The first-order chi connectivity index (χ1) is 9.06. The first-order valence-electron chi connectivity index (χ1n) is 5.58. The second-order valence-electron chi connectivity index (χ2n) is 4.03. The van der Waals surface area contributed by atoms with Crippen molar-refractivity contribution in [3.63, 3.8) is 0 Å². The summed E-state index contributed by atoms with van der Waals surface area (Å²) in [6, 6.07) is 8.33. The van der Waals surface area contributed by atoms with Crippen molar-refractivity contribution in [2.24, 2.45) is 0 Å². The fraction of sp³-hybridized carbons (Fsp3) is 0.333. The van der Waals surface area contributed by atoms with Gasteiger partial charge >= 0.3 is 11.8 Å². The molecule has 0 aliphatic carbocycles. The number of anilines is 1. The van der Waals surface area contributed by atoms with E-state index in [1.165, 1.54) is 0 Å². The molecule has 5 N–H and O–H groups in total. The Morgan fingerprint density at radius 1 is 0.947 bits per heavy atom. The van der Waals surface area contributed by atoms with E-state index in [9.17, 15) is 9.59 Å². The molecule has 1 aromatic rings. The summed E-state index contributed by atoms with van der Waals surface area (Å²) in [5.74, 6) is -2.01. The van der Waals surface area contributed by atoms with Crippen molar-refractivity contribution in [1.82, 2.24) is 5.32 Å². The number of hydrogen-bond acceptors (Lipinski definition) is 5. The van der Waals surface area contributed by atoms with Crippen LogP contribution in [0.1, 0.15) is 0 Å². The van der Waals surface area contributed by atoms with Gasteiger partial charge in [0.1, 0.15) is 5.54 Å². The van der Waals surface area contributed by atoms with E-state index in [1.807, 2.05) is 0 Å². The Labute approximate surface area is 109 Å². The van der Waals surface area contributed by atoms with Crippen LogP contribution in [0.15, 0.2) is 30.3 Å². The van der Waals surface area contributed by atoms with E-state index < -0.39 is 37.2 Å². The van der Waals surface area contributed by atoms with Crippen molar-refractivity contribution in [3.05, 3.63) is 30.3 Å². The largest absolute Gasteiger partial charge is 0.394 e. The van der Waals surface area contributed by atoms with E-state index >= 15 is 0 Å². The van der Waals surface area contributed by atoms with E-state index in [-0.39, 0.29) is 0 Å². The molecule has 2 amide bonds. The van der Waals surface area contributed by atoms with Crippen molar-refractivity contribution in [3.8, 4) is 0 Å². The third kappa shape index (κ3) is 4.02. The summed E-state index contributed by atoms with van der Waals surface area (Å²) in [6.07, 6.45) is 0. The fourth-order valence-corrected chi connectivity index (χ4v) is 1.28. The molecule has 0 aliphatic heterocycles. The molecular formula is C12H16N2O5. The van der Waals surface area contributed by atoms with Gasteiger partial charge in [-0.25, -0.2) is 0 Å². The molecule has 19 heavy (non-hydrogen) atoms. The lowest BCUT2D eigenvalue weighted by Gasteiger charge is -2.28. The predicted molar refractivity (Wildman–Crippen MR) is 67.2 cm³/mol. The highest BCUT2D eigenvalue weighted by atomic mass is 16.3. The van der Waals surface area contributed by atoms with Crippen LogP contribution in [-0.2, 0) is 9.59 Å². The Kier molecular flexibility index (Phi) is 5.43. The van der Waals surface area contributed by atoms with E-state index in [4.69, 9.17) is 15.3 Å². The standard InChI is InChI=1S/C12H16N2O5/c15-6-12(7-16,8-17)14-11(19)10(18)13-9-4-2-1-3-5-9/h1-5,15-17H,6-8H2,(H,13,18)(H,14,19). The zero-order valence-corrected chi connectivity index (χ0v) is 10.2. The molecule has 1 rings (SSSR count). The van der Waals surface area contributed by atoms with Crippen LogP contribution in [0.5, 0.6) is 0 Å². The van der Waals surface area contributed by atoms with Gasteiger partial charge in [-0.3, -0.25) is 9.59 Å². The first-order valence-corrected chi connectivity index (χ1v) is 5.58. The molecular weight excluding hydrogens is 252 g/mol. The van der Waals surface area contributed by atoms with Crippen molar-refractivity contribution in [2.45, 2.75) is 5.54 Å². The number of hydrogen-bond donors (Lipinski definition) is 5. The monoisotopic (exact) mass is 268 g/mol. The average Bonchev–Trinajstić information content (AvgIpc) is 2.45. The van der Waals surface area contributed by atoms with Crippen LogP contribution in [0, 0.1) is 0 Å². The molecule has 0 spiro atoms. The minimum Gasteiger partial charge on any atom is -0.394 e. The molecule has 7 heteroatoms. The lowest BCUT2D eigenvalue weighted by molar-refractivity contribution is -0.138. The second kappa shape index (κ2) is 6.83. The maximum absolute atomic E-state index is 11.6. The third-order valence-corrected chi connectivity index (χ3v) is 2.52. The summed E-state index contributed by atoms with van der Waals surface area (Å²) < 4.78 is 0. The van der Waals surface area contributed by atoms with Crippen LogP contribution in [0.25, 0.3) is 0 Å². The summed E-state index contributed by atoms with van der Waals surface area (Å²) in [7, 11) is 0. The highest BCUT2D eigenvalue weighted by molar-refractivity contribution is 6.39. The maximum Gasteiger partial charge on any atom is 0.313 e. The number of carbonyl (C=O) groups is 2. The van der Waals surface area contributed by atoms with Crippen LogP contribution in [0.4, 0.5) is 5.69 Å². The van der Waals surface area contributed by atoms with E-state index in [0.717, 1.165) is 0 Å². The number of aliphatic hydroxyl groups excluding tert-OH is 3. The van der Waals surface area contributed by atoms with Crippen molar-refractivity contribution >= 4 is 17.5 Å². The lowest BCUT2D eigenvalue weighted by Crippen LogP contribution is -2.59. The lowest BCUT2D eigenvalue weighted by atomic mass is 10.0. The molecule has 104 valence electrons. The molecule has 0 radical (unpaired) electrons.